The predicted molar refractivity (Wildman–Crippen MR) is 446 cm³/mol. The van der Waals surface area contributed by atoms with Crippen LogP contribution in [0.5, 0.6) is 0 Å². The van der Waals surface area contributed by atoms with Gasteiger partial charge in [0.05, 0.1) is 135 Å². The molecule has 0 aliphatic carbocycles. The van der Waals surface area contributed by atoms with Crippen LogP contribution in [-0.2, 0) is 186 Å². The highest BCUT2D eigenvalue weighted by atomic mass is 31.2. The van der Waals surface area contributed by atoms with Crippen molar-refractivity contribution in [1.82, 2.24) is 0 Å². The monoisotopic (exact) mass is 2200 g/mol. The normalized spacial score (nSPS) is 20.9. The summed E-state index contributed by atoms with van der Waals surface area (Å²) in [5, 5.41) is 0. The summed E-state index contributed by atoms with van der Waals surface area (Å²) in [6.45, 7) is 4.82. The van der Waals surface area contributed by atoms with Crippen molar-refractivity contribution in [2.24, 2.45) is 11.8 Å². The molecule has 0 heterocycles. The fourth-order valence-corrected chi connectivity index (χ4v) is 24.8. The van der Waals surface area contributed by atoms with Gasteiger partial charge in [-0.2, -0.15) is 0 Å². The Labute approximate surface area is 770 Å². The molecule has 0 rings (SSSR count). The number of rotatable bonds is 86. The van der Waals surface area contributed by atoms with Gasteiger partial charge in [0, 0.05) is 12.1 Å². The van der Waals surface area contributed by atoms with Crippen molar-refractivity contribution in [3.8, 4) is 0 Å². The SMILES string of the molecule is CCC(CC)CP(=O)([O-])OCC(COP(=O)([O-])OC(CC)CC)OP(=O)([O-])OCC(COP(=O)([O-])OC(COP(=O)([O-])OC(CC)CC)COP(=O)([O-])OC(CC)CC)OP(=O)([O-])OCC(C)COP(=O)([O-])OC(COP(=O)(O)OC(COP(=O)([O-])OC(CC)CC)COP(=O)(O)OC(CC)CC)COP(=O)(O)OC(COP(=O)(O)OC(CC)CC)COP(=O)(O)OC(CC)CC. The Kier molecular flexibility index (Phi) is 65.3. The maximum absolute atomic E-state index is 13.9. The fourth-order valence-electron chi connectivity index (χ4n) is 10.0. The highest BCUT2D eigenvalue weighted by molar-refractivity contribution is 7.51. The Morgan fingerprint density at radius 3 is 0.477 bits per heavy atom. The lowest BCUT2D eigenvalue weighted by Gasteiger charge is -2.35. The van der Waals surface area contributed by atoms with Crippen LogP contribution in [0.2, 0.25) is 0 Å². The van der Waals surface area contributed by atoms with Crippen LogP contribution < -0.4 is 44.0 Å². The van der Waals surface area contributed by atoms with Gasteiger partial charge < -0.3 is 150 Å². The Balaban J connectivity index is 8.07. The molecular formula is C63H133O55P14-9. The molecule has 0 spiro atoms. The maximum atomic E-state index is 13.9. The van der Waals surface area contributed by atoms with Gasteiger partial charge in [-0.1, -0.05) is 131 Å². The van der Waals surface area contributed by atoms with Crippen molar-refractivity contribution in [3.05, 3.63) is 0 Å². The summed E-state index contributed by atoms with van der Waals surface area (Å²) in [6.07, 6.45) is -19.9. The molecule has 19 unspecified atom stereocenters. The minimum absolute atomic E-state index is 0.0872. The van der Waals surface area contributed by atoms with Crippen LogP contribution in [0.1, 0.15) is 220 Å². The van der Waals surface area contributed by atoms with E-state index in [-0.39, 0.29) is 89.9 Å². The van der Waals surface area contributed by atoms with E-state index in [1.54, 1.807) is 55.4 Å². The maximum Gasteiger partial charge on any atom is 0.472 e. The molecule has 0 radical (unpaired) electrons. The van der Waals surface area contributed by atoms with Gasteiger partial charge >= 0.3 is 39.1 Å². The first-order chi connectivity index (χ1) is 60.8. The van der Waals surface area contributed by atoms with Crippen molar-refractivity contribution in [3.63, 3.8) is 0 Å². The largest absolute Gasteiger partial charge is 0.778 e. The van der Waals surface area contributed by atoms with Gasteiger partial charge in [0.15, 0.2) is 0 Å². The summed E-state index contributed by atoms with van der Waals surface area (Å²) in [5.41, 5.74) is 0. The third kappa shape index (κ3) is 63.8. The van der Waals surface area contributed by atoms with E-state index >= 15 is 0 Å². The molecule has 0 aromatic rings. The summed E-state index contributed by atoms with van der Waals surface area (Å²) in [5.74, 6) is -2.16. The zero-order valence-electron chi connectivity index (χ0n) is 76.5. The van der Waals surface area contributed by atoms with E-state index in [2.05, 4.69) is 0 Å². The molecule has 0 fully saturated rings. The molecule has 0 aromatic heterocycles. The Hall–Kier alpha value is 1.58. The molecule has 0 aliphatic rings. The van der Waals surface area contributed by atoms with E-state index in [4.69, 9.17) is 122 Å². The Morgan fingerprint density at radius 1 is 0.182 bits per heavy atom. The van der Waals surface area contributed by atoms with Crippen molar-refractivity contribution in [2.45, 2.75) is 300 Å². The Bertz CT molecular complexity index is 3310. The van der Waals surface area contributed by atoms with Crippen molar-refractivity contribution < 1.29 is 255 Å². The molecule has 19 atom stereocenters. The van der Waals surface area contributed by atoms with Crippen LogP contribution in [0.15, 0.2) is 0 Å². The lowest BCUT2D eigenvalue weighted by Crippen LogP contribution is -2.33. The number of hydrogen-bond donors (Lipinski definition) is 5. The van der Waals surface area contributed by atoms with Crippen LogP contribution in [0, 0.1) is 11.8 Å². The van der Waals surface area contributed by atoms with Gasteiger partial charge in [-0.25, -0.2) is 22.8 Å². The second-order valence-electron chi connectivity index (χ2n) is 28.8. The molecule has 0 saturated carbocycles. The van der Waals surface area contributed by atoms with Gasteiger partial charge in [-0.05, 0) is 95.8 Å². The second-order valence-corrected chi connectivity index (χ2v) is 48.6. The summed E-state index contributed by atoms with van der Waals surface area (Å²) in [6, 6.07) is 0. The number of hydrogen-bond acceptors (Lipinski definition) is 50. The molecule has 0 bridgehead atoms. The first-order valence-corrected chi connectivity index (χ1v) is 63.0. The lowest BCUT2D eigenvalue weighted by molar-refractivity contribution is -0.251. The molecule has 0 aliphatic heterocycles. The van der Waals surface area contributed by atoms with Gasteiger partial charge in [0.1, 0.15) is 44.2 Å². The van der Waals surface area contributed by atoms with Gasteiger partial charge in [0.25, 0.3) is 62.6 Å². The number of phosphoric ester groups is 13. The van der Waals surface area contributed by atoms with Crippen LogP contribution in [0.25, 0.3) is 0 Å². The van der Waals surface area contributed by atoms with E-state index in [1.165, 1.54) is 55.4 Å². The first kappa shape index (κ1) is 134. The molecule has 55 nitrogen and oxygen atoms in total. The zero-order valence-corrected chi connectivity index (χ0v) is 89.0. The van der Waals surface area contributed by atoms with Crippen molar-refractivity contribution in [1.29, 1.82) is 0 Å². The quantitative estimate of drug-likeness (QED) is 0.0353. The van der Waals surface area contributed by atoms with Crippen LogP contribution >= 0.6 is 109 Å². The van der Waals surface area contributed by atoms with Crippen LogP contribution in [-0.4, -0.2) is 202 Å². The van der Waals surface area contributed by atoms with E-state index in [1.807, 2.05) is 0 Å². The molecule has 0 saturated heterocycles. The third-order valence-corrected chi connectivity index (χ3v) is 32.6. The summed E-state index contributed by atoms with van der Waals surface area (Å²) < 4.78 is 320. The van der Waals surface area contributed by atoms with Crippen LogP contribution in [0.4, 0.5) is 0 Å². The fraction of sp³-hybridized carbons (Fsp3) is 1.00. The van der Waals surface area contributed by atoms with Crippen molar-refractivity contribution in [2.75, 3.05) is 98.7 Å². The van der Waals surface area contributed by atoms with E-state index < -0.39 is 299 Å². The minimum Gasteiger partial charge on any atom is -0.778 e. The van der Waals surface area contributed by atoms with Crippen molar-refractivity contribution >= 4 is 109 Å². The average molecular weight is 2200 g/mol. The molecule has 794 valence electrons. The molecular weight excluding hydrogens is 2070 g/mol. The predicted octanol–water partition coefficient (Wildman–Crippen LogP) is 9.84. The number of phosphoric acid groups is 13. The standard InChI is InChI=1S/C63H142O55P14/c1-18-50(19-2)48-119(64,65)92-36-58(37-95-122(70,71)106-51(20-3)21-4)113-129(84,85)102-44-59(45-103-130(86,87)116-61(38-96-123(72,73)107-52(22-5)23-6)39-97-124(74,75)108-53(24-7)25-8)114-120(66,67)93-34-49(17)35-94-121(68,69)115-60(46-104-131(88,89)117-62(40-98-125(76,77)109-54(26-9)27-10)41-99-126(78,79)110-55(28-11)29-12)47-105-132(90,91)118-63(42-100-127(80,81)111-56(30-13)31-14)43-101-128(82,83)112-57(32-15)33-16/h49-63H,18-48H2,1-17H3,(H,64,65)(H,66,67)(H,68,69)(H,70,71)(H,72,73)(H,74,75)(H,76,77)(H,78,79)(H,80,81)(H,82,83)(H,84,85)(H,86,87)(H,88,89)(H,90,91)/p-9. The van der Waals surface area contributed by atoms with Gasteiger partial charge in [-0.3, -0.25) is 81.8 Å². The van der Waals surface area contributed by atoms with Crippen LogP contribution in [0.3, 0.4) is 0 Å². The minimum atomic E-state index is -6.28. The van der Waals surface area contributed by atoms with Gasteiger partial charge in [-0.15, -0.1) is 0 Å². The smallest absolute Gasteiger partial charge is 0.472 e. The van der Waals surface area contributed by atoms with Gasteiger partial charge in [0.2, 0.25) is 0 Å². The average Bonchev–Trinajstić information content (AvgIpc) is 0.847. The molecule has 5 N–H and O–H groups in total. The highest BCUT2D eigenvalue weighted by Gasteiger charge is 2.40. The molecule has 69 heteroatoms. The Morgan fingerprint density at radius 2 is 0.311 bits per heavy atom. The van der Waals surface area contributed by atoms with E-state index in [9.17, 15) is 132 Å². The highest BCUT2D eigenvalue weighted by Crippen LogP contribution is 2.56. The zero-order chi connectivity index (χ0) is 102. The molecule has 132 heavy (non-hydrogen) atoms. The summed E-state index contributed by atoms with van der Waals surface area (Å²) >= 11 is 0. The third-order valence-electron chi connectivity index (χ3n) is 17.8. The first-order valence-electron chi connectivity index (χ1n) is 42.1. The topological polar surface area (TPSA) is 797 Å². The van der Waals surface area contributed by atoms with E-state index in [0.717, 1.165) is 6.92 Å². The summed E-state index contributed by atoms with van der Waals surface area (Å²) in [4.78, 5) is 174. The molecule has 0 aromatic carbocycles. The van der Waals surface area contributed by atoms with E-state index in [0.29, 0.717) is 12.8 Å². The lowest BCUT2D eigenvalue weighted by atomic mass is 10.1. The summed E-state index contributed by atoms with van der Waals surface area (Å²) in [7, 11) is -79.2. The second kappa shape index (κ2) is 64.5. The molecule has 0 amide bonds.